The summed E-state index contributed by atoms with van der Waals surface area (Å²) < 4.78 is 36.7. The van der Waals surface area contributed by atoms with Crippen LogP contribution in [-0.2, 0) is 19.4 Å². The van der Waals surface area contributed by atoms with Gasteiger partial charge in [0, 0.05) is 18.7 Å². The lowest BCUT2D eigenvalue weighted by atomic mass is 9.85. The minimum Gasteiger partial charge on any atom is -0.493 e. The molecule has 1 unspecified atom stereocenters. The van der Waals surface area contributed by atoms with Gasteiger partial charge in [-0.1, -0.05) is 42.5 Å². The second-order valence-electron chi connectivity index (χ2n) is 18.2. The van der Waals surface area contributed by atoms with Gasteiger partial charge in [0.25, 0.3) is 11.8 Å². The lowest BCUT2D eigenvalue weighted by Crippen LogP contribution is -2.47. The summed E-state index contributed by atoms with van der Waals surface area (Å²) in [4.78, 5) is 61.3. The maximum Gasteiger partial charge on any atom is 0.262 e. The standard InChI is InChI=1S/C49H63N5O8S/c1-4-62-44-31-37(13-15-43(44)61-2)42(32-63(3,59)60)54-48(57)41-8-5-7-39(46(41)49(54)58)36-17-25-51(26-18-36)23-6-24-52-27-21-38(22-28-52)53-29-19-34(20-30-53)33-9-11-35(12-10-33)40-14-16-45(55)50-47(40)56/h5,7-13,15,31,34,36,38,40,42H,4,6,14,16-30,32H2,1-3H3,(H,50,55,56)/t40?,42-/m1/s1. The molecule has 4 saturated heterocycles. The number of nitrogens with one attached hydrogen (secondary N) is 1. The van der Waals surface area contributed by atoms with Crippen molar-refractivity contribution in [1.82, 2.24) is 24.9 Å². The van der Waals surface area contributed by atoms with Gasteiger partial charge >= 0.3 is 0 Å². The average molecular weight is 882 g/mol. The fourth-order valence-electron chi connectivity index (χ4n) is 10.8. The summed E-state index contributed by atoms with van der Waals surface area (Å²) in [6.07, 6.45) is 9.71. The Hall–Kier alpha value is -4.63. The maximum atomic E-state index is 14.3. The molecule has 0 spiro atoms. The number of carbonyl (C=O) groups excluding carboxylic acids is 4. The van der Waals surface area contributed by atoms with Gasteiger partial charge in [-0.3, -0.25) is 29.4 Å². The second kappa shape index (κ2) is 19.6. The minimum absolute atomic E-state index is 0.126. The van der Waals surface area contributed by atoms with Gasteiger partial charge in [-0.15, -0.1) is 0 Å². The van der Waals surface area contributed by atoms with E-state index in [9.17, 15) is 27.6 Å². The number of imide groups is 2. The number of methoxy groups -OCH3 is 1. The highest BCUT2D eigenvalue weighted by Gasteiger charge is 2.44. The van der Waals surface area contributed by atoms with Crippen LogP contribution in [0.5, 0.6) is 11.5 Å². The van der Waals surface area contributed by atoms with Crippen LogP contribution < -0.4 is 14.8 Å². The van der Waals surface area contributed by atoms with E-state index in [0.29, 0.717) is 59.6 Å². The summed E-state index contributed by atoms with van der Waals surface area (Å²) in [7, 11) is -2.08. The Morgan fingerprint density at radius 3 is 2.03 bits per heavy atom. The largest absolute Gasteiger partial charge is 0.493 e. The zero-order valence-corrected chi connectivity index (χ0v) is 37.9. The number of sulfone groups is 1. The molecule has 0 aliphatic carbocycles. The molecule has 338 valence electrons. The van der Waals surface area contributed by atoms with E-state index in [-0.39, 0.29) is 23.7 Å². The number of ether oxygens (including phenoxy) is 2. The van der Waals surface area contributed by atoms with Crippen molar-refractivity contribution in [2.45, 2.75) is 94.5 Å². The lowest BCUT2D eigenvalue weighted by molar-refractivity contribution is -0.134. The van der Waals surface area contributed by atoms with Gasteiger partial charge in [0.1, 0.15) is 9.84 Å². The van der Waals surface area contributed by atoms with Crippen molar-refractivity contribution in [1.29, 1.82) is 0 Å². The smallest absolute Gasteiger partial charge is 0.262 e. The highest BCUT2D eigenvalue weighted by atomic mass is 32.2. The Morgan fingerprint density at radius 1 is 0.746 bits per heavy atom. The zero-order valence-electron chi connectivity index (χ0n) is 37.1. The predicted octanol–water partition coefficient (Wildman–Crippen LogP) is 5.91. The number of benzene rings is 3. The number of carbonyl (C=O) groups is 4. The number of hydrogen-bond acceptors (Lipinski definition) is 11. The summed E-state index contributed by atoms with van der Waals surface area (Å²) in [5, 5.41) is 2.48. The first-order chi connectivity index (χ1) is 30.4. The molecule has 5 aliphatic rings. The summed E-state index contributed by atoms with van der Waals surface area (Å²) in [5.74, 6) is -0.345. The highest BCUT2D eigenvalue weighted by Crippen LogP contribution is 2.41. The van der Waals surface area contributed by atoms with Crippen molar-refractivity contribution in [2.75, 3.05) is 78.1 Å². The van der Waals surface area contributed by atoms with E-state index >= 15 is 0 Å². The van der Waals surface area contributed by atoms with Crippen LogP contribution >= 0.6 is 0 Å². The molecule has 5 heterocycles. The zero-order chi connectivity index (χ0) is 44.3. The van der Waals surface area contributed by atoms with E-state index < -0.39 is 33.4 Å². The van der Waals surface area contributed by atoms with Crippen LogP contribution in [-0.4, -0.2) is 136 Å². The molecule has 14 heteroatoms. The van der Waals surface area contributed by atoms with E-state index in [2.05, 4.69) is 44.3 Å². The van der Waals surface area contributed by atoms with E-state index in [4.69, 9.17) is 9.47 Å². The molecular weight excluding hydrogens is 819 g/mol. The molecule has 4 amide bonds. The molecule has 0 radical (unpaired) electrons. The van der Waals surface area contributed by atoms with Crippen LogP contribution in [0.25, 0.3) is 0 Å². The van der Waals surface area contributed by atoms with Crippen LogP contribution in [0.2, 0.25) is 0 Å². The molecule has 2 atom stereocenters. The van der Waals surface area contributed by atoms with E-state index in [0.717, 1.165) is 107 Å². The molecule has 3 aromatic rings. The monoisotopic (exact) mass is 881 g/mol. The highest BCUT2D eigenvalue weighted by molar-refractivity contribution is 7.90. The van der Waals surface area contributed by atoms with Gasteiger partial charge in [-0.2, -0.15) is 0 Å². The van der Waals surface area contributed by atoms with Gasteiger partial charge in [0.05, 0.1) is 42.6 Å². The van der Waals surface area contributed by atoms with Gasteiger partial charge in [0.2, 0.25) is 11.8 Å². The normalized spacial score (nSPS) is 22.0. The Morgan fingerprint density at radius 2 is 1.40 bits per heavy atom. The molecule has 4 fully saturated rings. The number of nitrogens with zero attached hydrogens (tertiary/aromatic N) is 4. The van der Waals surface area contributed by atoms with Gasteiger partial charge < -0.3 is 24.2 Å². The van der Waals surface area contributed by atoms with Crippen molar-refractivity contribution < 1.29 is 37.1 Å². The Balaban J connectivity index is 0.787. The summed E-state index contributed by atoms with van der Waals surface area (Å²) in [6.45, 7) is 10.7. The topological polar surface area (TPSA) is 146 Å². The first-order valence-electron chi connectivity index (χ1n) is 23.0. The molecule has 5 aliphatic heterocycles. The molecule has 3 aromatic carbocycles. The molecule has 0 saturated carbocycles. The first kappa shape index (κ1) is 45.0. The SMILES string of the molecule is CCOc1cc([C@@H](CS(C)(=O)=O)N2C(=O)c3cccc(C4CCN(CCCN5CCC(N6CCC(c7ccc(C8CCC(=O)NC8=O)cc7)CC6)CC5)CC4)c3C2=O)ccc1OC. The fourth-order valence-corrected chi connectivity index (χ4v) is 11.7. The van der Waals surface area contributed by atoms with Crippen LogP contribution in [0.3, 0.4) is 0 Å². The fraction of sp³-hybridized carbons (Fsp3) is 0.551. The van der Waals surface area contributed by atoms with Crippen molar-refractivity contribution >= 4 is 33.5 Å². The number of rotatable bonds is 15. The lowest BCUT2D eigenvalue weighted by Gasteiger charge is -2.42. The average Bonchev–Trinajstić information content (AvgIpc) is 3.54. The molecule has 63 heavy (non-hydrogen) atoms. The van der Waals surface area contributed by atoms with Crippen molar-refractivity contribution in [3.63, 3.8) is 0 Å². The third-order valence-corrected chi connectivity index (χ3v) is 15.2. The minimum atomic E-state index is -3.60. The van der Waals surface area contributed by atoms with E-state index in [1.807, 2.05) is 19.1 Å². The third kappa shape index (κ3) is 10.2. The quantitative estimate of drug-likeness (QED) is 0.182. The first-order valence-corrected chi connectivity index (χ1v) is 25.1. The number of amides is 4. The van der Waals surface area contributed by atoms with Crippen LogP contribution in [0, 0.1) is 0 Å². The summed E-state index contributed by atoms with van der Waals surface area (Å²) in [5.41, 5.74) is 4.46. The summed E-state index contributed by atoms with van der Waals surface area (Å²) in [6, 6.07) is 18.7. The molecule has 1 N–H and O–H groups in total. The Kier molecular flexibility index (Phi) is 14.0. The molecule has 8 rings (SSSR count). The van der Waals surface area contributed by atoms with Crippen LogP contribution in [0.15, 0.2) is 60.7 Å². The van der Waals surface area contributed by atoms with Crippen LogP contribution in [0.4, 0.5) is 0 Å². The number of hydrogen-bond donors (Lipinski definition) is 1. The maximum absolute atomic E-state index is 14.3. The summed E-state index contributed by atoms with van der Waals surface area (Å²) >= 11 is 0. The Bertz CT molecular complexity index is 2260. The van der Waals surface area contributed by atoms with Gasteiger partial charge in [-0.05, 0) is 163 Å². The second-order valence-corrected chi connectivity index (χ2v) is 20.4. The van der Waals surface area contributed by atoms with Gasteiger partial charge in [-0.25, -0.2) is 8.42 Å². The number of piperidine rings is 4. The molecule has 13 nitrogen and oxygen atoms in total. The van der Waals surface area contributed by atoms with E-state index in [1.54, 1.807) is 24.3 Å². The molecule has 0 bridgehead atoms. The number of likely N-dealkylation sites (tertiary alicyclic amines) is 3. The predicted molar refractivity (Wildman–Crippen MR) is 241 cm³/mol. The van der Waals surface area contributed by atoms with Gasteiger partial charge in [0.15, 0.2) is 11.5 Å². The Labute approximate surface area is 372 Å². The van der Waals surface area contributed by atoms with Crippen LogP contribution in [0.1, 0.15) is 131 Å². The third-order valence-electron chi connectivity index (χ3n) is 14.3. The van der Waals surface area contributed by atoms with E-state index in [1.165, 1.54) is 25.5 Å². The van der Waals surface area contributed by atoms with Crippen molar-refractivity contribution in [3.05, 3.63) is 94.0 Å². The number of fused-ring (bicyclic) bond motifs is 1. The van der Waals surface area contributed by atoms with Crippen molar-refractivity contribution in [3.8, 4) is 11.5 Å². The molecular formula is C49H63N5O8S. The molecule has 0 aromatic heterocycles. The van der Waals surface area contributed by atoms with Crippen molar-refractivity contribution in [2.24, 2.45) is 0 Å².